The van der Waals surface area contributed by atoms with Gasteiger partial charge in [0.15, 0.2) is 0 Å². The molecular formula is C24H24N6O2. The zero-order valence-electron chi connectivity index (χ0n) is 18.3. The van der Waals surface area contributed by atoms with Gasteiger partial charge in [-0.25, -0.2) is 4.98 Å². The number of aromatic nitrogens is 2. The van der Waals surface area contributed by atoms with E-state index in [0.717, 1.165) is 11.1 Å². The molecule has 8 heteroatoms. The molecule has 0 unspecified atom stereocenters. The number of rotatable bonds is 4. The van der Waals surface area contributed by atoms with Crippen LogP contribution in [0.1, 0.15) is 35.2 Å². The molecule has 0 saturated carbocycles. The Balaban J connectivity index is 1.85. The third-order valence-corrected chi connectivity index (χ3v) is 6.02. The molecule has 162 valence electrons. The normalized spacial score (nSPS) is 14.6. The Kier molecular flexibility index (Phi) is 5.81. The van der Waals surface area contributed by atoms with E-state index < -0.39 is 0 Å². The van der Waals surface area contributed by atoms with E-state index in [1.54, 1.807) is 13.1 Å². The van der Waals surface area contributed by atoms with Crippen LogP contribution in [0.2, 0.25) is 0 Å². The van der Waals surface area contributed by atoms with E-state index in [1.807, 2.05) is 36.9 Å². The molecule has 1 N–H and O–H groups in total. The molecule has 3 heterocycles. The van der Waals surface area contributed by atoms with Crippen LogP contribution in [-0.4, -0.2) is 35.9 Å². The van der Waals surface area contributed by atoms with Crippen molar-refractivity contribution in [1.82, 2.24) is 9.55 Å². The molecule has 0 aliphatic carbocycles. The van der Waals surface area contributed by atoms with Crippen molar-refractivity contribution in [3.8, 4) is 12.1 Å². The fourth-order valence-electron chi connectivity index (χ4n) is 4.24. The number of morpholine rings is 1. The SMILES string of the molecule is Cc1c(C#N)cccc1[C@@H](C)Nc1ncc(C#N)c2c1cc(N1CCOCC1)c(=O)n2C. The lowest BCUT2D eigenvalue weighted by Gasteiger charge is -2.29. The average Bonchev–Trinajstić information content (AvgIpc) is 2.82. The summed E-state index contributed by atoms with van der Waals surface area (Å²) in [5.41, 5.74) is 3.83. The van der Waals surface area contributed by atoms with Gasteiger partial charge in [0, 0.05) is 31.7 Å². The maximum Gasteiger partial charge on any atom is 0.274 e. The van der Waals surface area contributed by atoms with Crippen molar-refractivity contribution < 1.29 is 4.74 Å². The molecule has 32 heavy (non-hydrogen) atoms. The Labute approximate surface area is 186 Å². The summed E-state index contributed by atoms with van der Waals surface area (Å²) in [5, 5.41) is 23.1. The molecule has 1 saturated heterocycles. The van der Waals surface area contributed by atoms with Crippen molar-refractivity contribution in [1.29, 1.82) is 10.5 Å². The summed E-state index contributed by atoms with van der Waals surface area (Å²) in [7, 11) is 1.68. The van der Waals surface area contributed by atoms with E-state index in [-0.39, 0.29) is 11.6 Å². The Morgan fingerprint density at radius 2 is 1.91 bits per heavy atom. The summed E-state index contributed by atoms with van der Waals surface area (Å²) < 4.78 is 6.96. The van der Waals surface area contributed by atoms with Crippen LogP contribution in [0.25, 0.3) is 10.9 Å². The topological polar surface area (TPSA) is 107 Å². The number of hydrogen-bond donors (Lipinski definition) is 1. The Bertz CT molecular complexity index is 1330. The third-order valence-electron chi connectivity index (χ3n) is 6.02. The van der Waals surface area contributed by atoms with Gasteiger partial charge in [-0.1, -0.05) is 12.1 Å². The summed E-state index contributed by atoms with van der Waals surface area (Å²) in [5.74, 6) is 0.582. The zero-order chi connectivity index (χ0) is 22.8. The lowest BCUT2D eigenvalue weighted by Crippen LogP contribution is -2.40. The molecule has 1 aliphatic heterocycles. The molecule has 1 fully saturated rings. The molecule has 0 amide bonds. The lowest BCUT2D eigenvalue weighted by atomic mass is 9.98. The highest BCUT2D eigenvalue weighted by Crippen LogP contribution is 2.30. The number of pyridine rings is 2. The van der Waals surface area contributed by atoms with E-state index >= 15 is 0 Å². The smallest absolute Gasteiger partial charge is 0.274 e. The lowest BCUT2D eigenvalue weighted by molar-refractivity contribution is 0.122. The standard InChI is InChI=1S/C24H24N6O2/c1-15-17(12-25)5-4-6-19(15)16(2)28-23-20-11-21(30-7-9-32-10-8-30)24(31)29(3)22(20)18(13-26)14-27-23/h4-6,11,14,16H,7-10H2,1-3H3,(H,27,28)/t16-/m1/s1. The van der Waals surface area contributed by atoms with Crippen LogP contribution in [-0.2, 0) is 11.8 Å². The summed E-state index contributed by atoms with van der Waals surface area (Å²) >= 11 is 0. The molecule has 8 nitrogen and oxygen atoms in total. The molecule has 3 aromatic rings. The van der Waals surface area contributed by atoms with Gasteiger partial charge in [-0.15, -0.1) is 0 Å². The van der Waals surface area contributed by atoms with Gasteiger partial charge in [-0.2, -0.15) is 10.5 Å². The Hall–Kier alpha value is -3.88. The van der Waals surface area contributed by atoms with Crippen LogP contribution in [0.4, 0.5) is 11.5 Å². The maximum absolute atomic E-state index is 13.1. The molecular weight excluding hydrogens is 404 g/mol. The highest BCUT2D eigenvalue weighted by atomic mass is 16.5. The van der Waals surface area contributed by atoms with Gasteiger partial charge >= 0.3 is 0 Å². The monoisotopic (exact) mass is 428 g/mol. The van der Waals surface area contributed by atoms with Crippen molar-refractivity contribution in [3.05, 3.63) is 63.1 Å². The number of ether oxygens (including phenoxy) is 1. The van der Waals surface area contributed by atoms with Crippen molar-refractivity contribution >= 4 is 22.4 Å². The summed E-state index contributed by atoms with van der Waals surface area (Å²) in [6.07, 6.45) is 1.49. The fraction of sp³-hybridized carbons (Fsp3) is 0.333. The maximum atomic E-state index is 13.1. The van der Waals surface area contributed by atoms with Crippen LogP contribution < -0.4 is 15.8 Å². The number of fused-ring (bicyclic) bond motifs is 1. The minimum absolute atomic E-state index is 0.143. The van der Waals surface area contributed by atoms with Gasteiger partial charge in [-0.3, -0.25) is 4.79 Å². The minimum atomic E-state index is -0.154. The third kappa shape index (κ3) is 3.66. The number of hydrogen-bond acceptors (Lipinski definition) is 7. The molecule has 0 radical (unpaired) electrons. The van der Waals surface area contributed by atoms with E-state index in [0.29, 0.717) is 59.8 Å². The van der Waals surface area contributed by atoms with E-state index in [2.05, 4.69) is 22.4 Å². The van der Waals surface area contributed by atoms with Crippen molar-refractivity contribution in [2.45, 2.75) is 19.9 Å². The summed E-state index contributed by atoms with van der Waals surface area (Å²) in [6.45, 7) is 6.32. The second kappa shape index (κ2) is 8.70. The molecule has 4 rings (SSSR count). The van der Waals surface area contributed by atoms with Crippen LogP contribution in [0, 0.1) is 29.6 Å². The Morgan fingerprint density at radius 3 is 2.59 bits per heavy atom. The first-order chi connectivity index (χ1) is 15.5. The molecule has 1 aliphatic rings. The van der Waals surface area contributed by atoms with Gasteiger partial charge in [0.25, 0.3) is 5.56 Å². The van der Waals surface area contributed by atoms with Crippen LogP contribution in [0.15, 0.2) is 35.3 Å². The van der Waals surface area contributed by atoms with E-state index in [4.69, 9.17) is 4.74 Å². The second-order valence-corrected chi connectivity index (χ2v) is 7.89. The van der Waals surface area contributed by atoms with Crippen LogP contribution >= 0.6 is 0 Å². The first-order valence-electron chi connectivity index (χ1n) is 10.5. The van der Waals surface area contributed by atoms with Gasteiger partial charge in [0.1, 0.15) is 17.6 Å². The first-order valence-corrected chi connectivity index (χ1v) is 10.5. The predicted molar refractivity (Wildman–Crippen MR) is 123 cm³/mol. The van der Waals surface area contributed by atoms with Crippen LogP contribution in [0.3, 0.4) is 0 Å². The summed E-state index contributed by atoms with van der Waals surface area (Å²) in [4.78, 5) is 19.6. The summed E-state index contributed by atoms with van der Waals surface area (Å²) in [6, 6.07) is 11.7. The quantitative estimate of drug-likeness (QED) is 0.681. The Morgan fingerprint density at radius 1 is 1.19 bits per heavy atom. The molecule has 2 aromatic heterocycles. The largest absolute Gasteiger partial charge is 0.378 e. The van der Waals surface area contributed by atoms with E-state index in [1.165, 1.54) is 10.8 Å². The highest BCUT2D eigenvalue weighted by Gasteiger charge is 2.21. The number of benzene rings is 1. The average molecular weight is 428 g/mol. The first kappa shape index (κ1) is 21.4. The van der Waals surface area contributed by atoms with Gasteiger partial charge in [0.05, 0.1) is 42.0 Å². The number of nitriles is 2. The van der Waals surface area contributed by atoms with Gasteiger partial charge in [-0.05, 0) is 37.1 Å². The fourth-order valence-corrected chi connectivity index (χ4v) is 4.24. The number of aryl methyl sites for hydroxylation is 1. The molecule has 0 spiro atoms. The number of anilines is 2. The van der Waals surface area contributed by atoms with Gasteiger partial charge in [0.2, 0.25) is 0 Å². The van der Waals surface area contributed by atoms with Crippen molar-refractivity contribution in [2.75, 3.05) is 36.5 Å². The van der Waals surface area contributed by atoms with E-state index in [9.17, 15) is 15.3 Å². The van der Waals surface area contributed by atoms with Crippen LogP contribution in [0.5, 0.6) is 0 Å². The molecule has 1 aromatic carbocycles. The zero-order valence-corrected chi connectivity index (χ0v) is 18.3. The second-order valence-electron chi connectivity index (χ2n) is 7.89. The highest BCUT2D eigenvalue weighted by molar-refractivity contribution is 5.95. The predicted octanol–water partition coefficient (Wildman–Crippen LogP) is 2.99. The number of nitrogens with one attached hydrogen (secondary N) is 1. The van der Waals surface area contributed by atoms with Crippen molar-refractivity contribution in [2.24, 2.45) is 7.05 Å². The van der Waals surface area contributed by atoms with Gasteiger partial charge < -0.3 is 19.5 Å². The molecule has 1 atom stereocenters. The minimum Gasteiger partial charge on any atom is -0.378 e. The van der Waals surface area contributed by atoms with Crippen molar-refractivity contribution in [3.63, 3.8) is 0 Å². The number of nitrogens with zero attached hydrogens (tertiary/aromatic N) is 5. The molecule has 0 bridgehead atoms.